The molecule has 204 valence electrons. The number of urea groups is 1. The van der Waals surface area contributed by atoms with Crippen molar-refractivity contribution in [2.75, 3.05) is 11.5 Å². The molecule has 0 radical (unpaired) electrons. The lowest BCUT2D eigenvalue weighted by Gasteiger charge is -2.26. The fourth-order valence-electron chi connectivity index (χ4n) is 4.07. The first-order chi connectivity index (χ1) is 19.2. The van der Waals surface area contributed by atoms with Crippen molar-refractivity contribution in [3.63, 3.8) is 0 Å². The Labute approximate surface area is 234 Å². The second-order valence-electron chi connectivity index (χ2n) is 8.55. The number of carbonyl (C=O) groups is 3. The lowest BCUT2D eigenvalue weighted by Crippen LogP contribution is -2.54. The Morgan fingerprint density at radius 1 is 1.05 bits per heavy atom. The average Bonchev–Trinajstić information content (AvgIpc) is 2.92. The Bertz CT molecular complexity index is 1550. The van der Waals surface area contributed by atoms with Gasteiger partial charge in [0.25, 0.3) is 17.5 Å². The molecule has 1 aliphatic heterocycles. The molecule has 0 bridgehead atoms. The highest BCUT2D eigenvalue weighted by molar-refractivity contribution is 6.39. The van der Waals surface area contributed by atoms with Crippen LogP contribution in [0.1, 0.15) is 23.6 Å². The van der Waals surface area contributed by atoms with Gasteiger partial charge in [-0.1, -0.05) is 41.9 Å². The summed E-state index contributed by atoms with van der Waals surface area (Å²) in [7, 11) is 0. The van der Waals surface area contributed by atoms with Crippen LogP contribution in [0.3, 0.4) is 0 Å². The third-order valence-electron chi connectivity index (χ3n) is 5.86. The Morgan fingerprint density at radius 2 is 1.82 bits per heavy atom. The fourth-order valence-corrected chi connectivity index (χ4v) is 4.26. The minimum absolute atomic E-state index is 0.0548. The smallest absolute Gasteiger partial charge is 0.335 e. The predicted molar refractivity (Wildman–Crippen MR) is 149 cm³/mol. The molecule has 11 heteroatoms. The van der Waals surface area contributed by atoms with Crippen LogP contribution in [-0.2, 0) is 22.6 Å². The van der Waals surface area contributed by atoms with Crippen molar-refractivity contribution >= 4 is 46.9 Å². The number of non-ortho nitro benzene ring substituents is 1. The average molecular weight is 562 g/mol. The second kappa shape index (κ2) is 12.3. The normalized spacial score (nSPS) is 14.2. The Hall–Kier alpha value is -4.96. The molecule has 10 nitrogen and oxygen atoms in total. The number of nitrogens with zero attached hydrogens (tertiary/aromatic N) is 2. The number of halogens is 1. The number of nitro benzene ring substituents is 1. The van der Waals surface area contributed by atoms with Crippen molar-refractivity contribution in [3.05, 3.63) is 111 Å². The van der Waals surface area contributed by atoms with Gasteiger partial charge in [0, 0.05) is 28.3 Å². The zero-order valence-electron chi connectivity index (χ0n) is 21.4. The van der Waals surface area contributed by atoms with Crippen LogP contribution >= 0.6 is 11.6 Å². The molecule has 3 aromatic carbocycles. The molecule has 0 spiro atoms. The van der Waals surface area contributed by atoms with E-state index in [4.69, 9.17) is 21.1 Å². The third kappa shape index (κ3) is 6.02. The minimum Gasteiger partial charge on any atom is -0.490 e. The summed E-state index contributed by atoms with van der Waals surface area (Å²) in [5, 5.41) is 13.9. The van der Waals surface area contributed by atoms with E-state index in [0.29, 0.717) is 45.6 Å². The maximum atomic E-state index is 13.3. The third-order valence-corrected chi connectivity index (χ3v) is 6.23. The van der Waals surface area contributed by atoms with E-state index < -0.39 is 22.8 Å². The van der Waals surface area contributed by atoms with Crippen LogP contribution in [0.5, 0.6) is 11.5 Å². The molecular formula is C29H24ClN3O7. The molecule has 0 aromatic heterocycles. The number of nitro groups is 1. The highest BCUT2D eigenvalue weighted by Crippen LogP contribution is 2.36. The van der Waals surface area contributed by atoms with Crippen LogP contribution in [0.4, 0.5) is 16.2 Å². The first-order valence-electron chi connectivity index (χ1n) is 12.2. The van der Waals surface area contributed by atoms with E-state index in [0.717, 1.165) is 11.6 Å². The van der Waals surface area contributed by atoms with Gasteiger partial charge in [-0.3, -0.25) is 25.0 Å². The molecule has 1 aliphatic rings. The predicted octanol–water partition coefficient (Wildman–Crippen LogP) is 5.62. The number of ether oxygens (including phenoxy) is 2. The van der Waals surface area contributed by atoms with E-state index >= 15 is 0 Å². The van der Waals surface area contributed by atoms with E-state index in [1.165, 1.54) is 24.3 Å². The zero-order chi connectivity index (χ0) is 28.8. The van der Waals surface area contributed by atoms with Gasteiger partial charge in [-0.25, -0.2) is 9.69 Å². The van der Waals surface area contributed by atoms with Gasteiger partial charge < -0.3 is 9.47 Å². The first-order valence-corrected chi connectivity index (χ1v) is 12.5. The Morgan fingerprint density at radius 3 is 2.52 bits per heavy atom. The van der Waals surface area contributed by atoms with Gasteiger partial charge >= 0.3 is 6.03 Å². The molecule has 0 atom stereocenters. The van der Waals surface area contributed by atoms with Gasteiger partial charge in [0.2, 0.25) is 0 Å². The van der Waals surface area contributed by atoms with Crippen molar-refractivity contribution in [3.8, 4) is 11.5 Å². The van der Waals surface area contributed by atoms with E-state index in [2.05, 4.69) is 11.9 Å². The summed E-state index contributed by atoms with van der Waals surface area (Å²) in [6.07, 6.45) is 3.38. The first kappa shape index (κ1) is 28.1. The summed E-state index contributed by atoms with van der Waals surface area (Å²) in [4.78, 5) is 49.8. The largest absolute Gasteiger partial charge is 0.490 e. The van der Waals surface area contributed by atoms with Crippen LogP contribution < -0.4 is 19.7 Å². The zero-order valence-corrected chi connectivity index (χ0v) is 22.1. The van der Waals surface area contributed by atoms with Crippen LogP contribution in [0, 0.1) is 10.1 Å². The lowest BCUT2D eigenvalue weighted by molar-refractivity contribution is -0.384. The monoisotopic (exact) mass is 561 g/mol. The number of carbonyl (C=O) groups excluding carboxylic acids is 3. The van der Waals surface area contributed by atoms with Crippen LogP contribution in [0.15, 0.2) is 78.9 Å². The molecule has 4 amide bonds. The topological polar surface area (TPSA) is 128 Å². The van der Waals surface area contributed by atoms with Crippen molar-refractivity contribution < 1.29 is 28.8 Å². The summed E-state index contributed by atoms with van der Waals surface area (Å²) in [6.45, 7) is 6.09. The van der Waals surface area contributed by atoms with E-state index in [1.54, 1.807) is 31.2 Å². The summed E-state index contributed by atoms with van der Waals surface area (Å²) >= 11 is 6.28. The summed E-state index contributed by atoms with van der Waals surface area (Å²) in [6, 6.07) is 14.6. The number of amides is 4. The number of benzene rings is 3. The van der Waals surface area contributed by atoms with Crippen molar-refractivity contribution in [1.29, 1.82) is 0 Å². The summed E-state index contributed by atoms with van der Waals surface area (Å²) < 4.78 is 11.9. The number of nitrogens with one attached hydrogen (secondary N) is 1. The van der Waals surface area contributed by atoms with Gasteiger partial charge in [0.1, 0.15) is 12.2 Å². The summed E-state index contributed by atoms with van der Waals surface area (Å²) in [5.74, 6) is -1.01. The van der Waals surface area contributed by atoms with Crippen LogP contribution in [0.2, 0.25) is 5.02 Å². The van der Waals surface area contributed by atoms with Gasteiger partial charge in [0.15, 0.2) is 11.5 Å². The van der Waals surface area contributed by atoms with Gasteiger partial charge in [0.05, 0.1) is 17.2 Å². The van der Waals surface area contributed by atoms with Gasteiger partial charge in [-0.05, 0) is 49.2 Å². The number of barbiturate groups is 1. The minimum atomic E-state index is -1.02. The van der Waals surface area contributed by atoms with Crippen LogP contribution in [-0.4, -0.2) is 29.4 Å². The highest BCUT2D eigenvalue weighted by Gasteiger charge is 2.37. The number of anilines is 1. The SMILES string of the molecule is C=CCc1cc(/C=C2\C(=O)NC(=O)N(c3cccc([N+](=O)[O-])c3)C2=O)cc(OCC)c1OCc1ccccc1Cl. The number of hydrogen-bond acceptors (Lipinski definition) is 7. The van der Waals surface area contributed by atoms with E-state index in [9.17, 15) is 24.5 Å². The number of allylic oxidation sites excluding steroid dienone is 1. The molecule has 3 aromatic rings. The quantitative estimate of drug-likeness (QED) is 0.112. The Kier molecular flexibility index (Phi) is 8.60. The fraction of sp³-hybridized carbons (Fsp3) is 0.138. The highest BCUT2D eigenvalue weighted by atomic mass is 35.5. The molecule has 1 N–H and O–H groups in total. The molecule has 1 fully saturated rings. The van der Waals surface area contributed by atoms with Gasteiger partial charge in [-0.2, -0.15) is 0 Å². The molecule has 1 saturated heterocycles. The molecule has 4 rings (SSSR count). The lowest BCUT2D eigenvalue weighted by atomic mass is 10.0. The maximum absolute atomic E-state index is 13.3. The van der Waals surface area contributed by atoms with Crippen molar-refractivity contribution in [2.45, 2.75) is 20.0 Å². The molecule has 0 saturated carbocycles. The molecule has 40 heavy (non-hydrogen) atoms. The molecule has 1 heterocycles. The second-order valence-corrected chi connectivity index (χ2v) is 8.96. The van der Waals surface area contributed by atoms with E-state index in [1.807, 2.05) is 18.2 Å². The summed E-state index contributed by atoms with van der Waals surface area (Å²) in [5.41, 5.74) is 1.16. The standard InChI is InChI=1S/C29H24ClN3O7/c1-3-8-19-13-18(15-25(39-4-2)26(19)40-17-20-9-5-6-12-24(20)30)14-23-27(34)31-29(36)32(28(23)35)21-10-7-11-22(16-21)33(37)38/h3,5-7,9-16H,1,4,8,17H2,2H3,(H,31,34,36)/b23-14+. The van der Waals surface area contributed by atoms with Gasteiger partial charge in [-0.15, -0.1) is 6.58 Å². The van der Waals surface area contributed by atoms with Crippen molar-refractivity contribution in [2.24, 2.45) is 0 Å². The number of imide groups is 2. The number of rotatable bonds is 10. The number of hydrogen-bond donors (Lipinski definition) is 1. The maximum Gasteiger partial charge on any atom is 0.335 e. The Balaban J connectivity index is 1.73. The molecule has 0 aliphatic carbocycles. The van der Waals surface area contributed by atoms with Crippen molar-refractivity contribution in [1.82, 2.24) is 5.32 Å². The molecule has 0 unspecified atom stereocenters. The molecular weight excluding hydrogens is 538 g/mol. The van der Waals surface area contributed by atoms with Crippen LogP contribution in [0.25, 0.3) is 6.08 Å². The van der Waals surface area contributed by atoms with E-state index in [-0.39, 0.29) is 23.6 Å².